The number of nitrogens with zero attached hydrogens (tertiary/aromatic N) is 4. The van der Waals surface area contributed by atoms with Gasteiger partial charge in [-0.1, -0.05) is 41.9 Å². The molecule has 1 aliphatic heterocycles. The van der Waals surface area contributed by atoms with Crippen molar-refractivity contribution in [3.63, 3.8) is 0 Å². The summed E-state index contributed by atoms with van der Waals surface area (Å²) in [6, 6.07) is 16.8. The molecule has 2 heterocycles. The van der Waals surface area contributed by atoms with Gasteiger partial charge in [0.15, 0.2) is 0 Å². The van der Waals surface area contributed by atoms with Gasteiger partial charge in [-0.2, -0.15) is 0 Å². The van der Waals surface area contributed by atoms with Gasteiger partial charge in [-0.15, -0.1) is 10.2 Å². The van der Waals surface area contributed by atoms with Crippen molar-refractivity contribution in [1.82, 2.24) is 20.0 Å². The third-order valence-electron chi connectivity index (χ3n) is 4.61. The molecule has 0 unspecified atom stereocenters. The van der Waals surface area contributed by atoms with Crippen molar-refractivity contribution in [1.29, 1.82) is 0 Å². The molecule has 2 aromatic carbocycles. The lowest BCUT2D eigenvalue weighted by Crippen LogP contribution is -2.48. The highest BCUT2D eigenvalue weighted by Crippen LogP contribution is 2.26. The normalized spacial score (nSPS) is 15.1. The first-order chi connectivity index (χ1) is 13.2. The van der Waals surface area contributed by atoms with Crippen LogP contribution < -0.4 is 0 Å². The number of rotatable bonds is 4. The van der Waals surface area contributed by atoms with E-state index in [0.29, 0.717) is 36.4 Å². The minimum Gasteiger partial charge on any atom is -0.419 e. The number of halogens is 1. The van der Waals surface area contributed by atoms with Crippen LogP contribution in [-0.4, -0.2) is 52.1 Å². The largest absolute Gasteiger partial charge is 0.419 e. The highest BCUT2D eigenvalue weighted by atomic mass is 35.5. The number of hydrogen-bond donors (Lipinski definition) is 0. The molecule has 6 nitrogen and oxygen atoms in total. The molecule has 3 aromatic rings. The van der Waals surface area contributed by atoms with Gasteiger partial charge in [-0.05, 0) is 24.3 Å². The van der Waals surface area contributed by atoms with Crippen molar-refractivity contribution < 1.29 is 9.21 Å². The quantitative estimate of drug-likeness (QED) is 0.692. The maximum Gasteiger partial charge on any atom is 0.253 e. The summed E-state index contributed by atoms with van der Waals surface area (Å²) in [6.07, 6.45) is 0. The summed E-state index contributed by atoms with van der Waals surface area (Å²) in [6.45, 7) is 3.45. The van der Waals surface area contributed by atoms with Crippen molar-refractivity contribution in [2.45, 2.75) is 6.54 Å². The van der Waals surface area contributed by atoms with Crippen LogP contribution in [0, 0.1) is 0 Å². The lowest BCUT2D eigenvalue weighted by atomic mass is 10.2. The van der Waals surface area contributed by atoms with Gasteiger partial charge >= 0.3 is 0 Å². The molecule has 4 rings (SSSR count). The molecule has 0 spiro atoms. The highest BCUT2D eigenvalue weighted by Gasteiger charge is 2.23. The molecule has 0 aliphatic carbocycles. The summed E-state index contributed by atoms with van der Waals surface area (Å²) in [5.41, 5.74) is 1.46. The first-order valence-corrected chi connectivity index (χ1v) is 9.22. The Labute approximate surface area is 162 Å². The Balaban J connectivity index is 1.35. The standard InChI is InChI=1S/C20H19ClN4O2/c21-17-9-5-4-8-16(17)19-23-22-18(27-19)14-24-10-12-25(13-11-24)20(26)15-6-2-1-3-7-15/h1-9H,10-14H2. The molecule has 0 N–H and O–H groups in total. The van der Waals surface area contributed by atoms with Crippen molar-refractivity contribution in [2.75, 3.05) is 26.2 Å². The fourth-order valence-electron chi connectivity index (χ4n) is 3.12. The van der Waals surface area contributed by atoms with E-state index in [1.54, 1.807) is 6.07 Å². The average Bonchev–Trinajstić information content (AvgIpc) is 3.17. The number of benzene rings is 2. The van der Waals surface area contributed by atoms with Crippen molar-refractivity contribution in [2.24, 2.45) is 0 Å². The molecule has 7 heteroatoms. The monoisotopic (exact) mass is 382 g/mol. The third-order valence-corrected chi connectivity index (χ3v) is 4.94. The zero-order valence-electron chi connectivity index (χ0n) is 14.7. The van der Waals surface area contributed by atoms with Gasteiger partial charge in [0.05, 0.1) is 17.1 Å². The minimum absolute atomic E-state index is 0.0778. The van der Waals surface area contributed by atoms with Gasteiger partial charge in [-0.3, -0.25) is 9.69 Å². The van der Waals surface area contributed by atoms with E-state index in [4.69, 9.17) is 16.0 Å². The Kier molecular flexibility index (Phi) is 5.18. The molecule has 0 saturated carbocycles. The van der Waals surface area contributed by atoms with E-state index in [2.05, 4.69) is 15.1 Å². The Morgan fingerprint density at radius 2 is 1.67 bits per heavy atom. The zero-order valence-corrected chi connectivity index (χ0v) is 15.5. The minimum atomic E-state index is 0.0778. The average molecular weight is 383 g/mol. The van der Waals surface area contributed by atoms with Crippen molar-refractivity contribution >= 4 is 17.5 Å². The van der Waals surface area contributed by atoms with Crippen LogP contribution >= 0.6 is 11.6 Å². The fraction of sp³-hybridized carbons (Fsp3) is 0.250. The van der Waals surface area contributed by atoms with Crippen LogP contribution in [0.3, 0.4) is 0 Å². The van der Waals surface area contributed by atoms with E-state index in [1.165, 1.54) is 0 Å². The van der Waals surface area contributed by atoms with Crippen LogP contribution in [-0.2, 0) is 6.54 Å². The van der Waals surface area contributed by atoms with E-state index in [9.17, 15) is 4.79 Å². The topological polar surface area (TPSA) is 62.5 Å². The number of piperazine rings is 1. The van der Waals surface area contributed by atoms with Crippen LogP contribution in [0.15, 0.2) is 59.0 Å². The second kappa shape index (κ2) is 7.90. The summed E-state index contributed by atoms with van der Waals surface area (Å²) >= 11 is 6.18. The summed E-state index contributed by atoms with van der Waals surface area (Å²) < 4.78 is 5.77. The van der Waals surface area contributed by atoms with Gasteiger partial charge in [0.2, 0.25) is 11.8 Å². The van der Waals surface area contributed by atoms with Gasteiger partial charge in [0.25, 0.3) is 5.91 Å². The second-order valence-electron chi connectivity index (χ2n) is 6.42. The van der Waals surface area contributed by atoms with Gasteiger partial charge in [0.1, 0.15) is 0 Å². The van der Waals surface area contributed by atoms with Crippen molar-refractivity contribution in [3.8, 4) is 11.5 Å². The fourth-order valence-corrected chi connectivity index (χ4v) is 3.34. The molecule has 27 heavy (non-hydrogen) atoms. The van der Waals surface area contributed by atoms with Crippen LogP contribution in [0.4, 0.5) is 0 Å². The zero-order chi connectivity index (χ0) is 18.6. The predicted molar refractivity (Wildman–Crippen MR) is 102 cm³/mol. The van der Waals surface area contributed by atoms with E-state index < -0.39 is 0 Å². The van der Waals surface area contributed by atoms with Crippen LogP contribution in [0.1, 0.15) is 16.2 Å². The SMILES string of the molecule is O=C(c1ccccc1)N1CCN(Cc2nnc(-c3ccccc3Cl)o2)CC1. The summed E-state index contributed by atoms with van der Waals surface area (Å²) in [5.74, 6) is 1.05. The lowest BCUT2D eigenvalue weighted by Gasteiger charge is -2.34. The summed E-state index contributed by atoms with van der Waals surface area (Å²) in [5, 5.41) is 8.82. The Morgan fingerprint density at radius 3 is 2.41 bits per heavy atom. The van der Waals surface area contributed by atoms with Crippen LogP contribution in [0.2, 0.25) is 5.02 Å². The van der Waals surface area contributed by atoms with Crippen LogP contribution in [0.5, 0.6) is 0 Å². The molecule has 138 valence electrons. The maximum absolute atomic E-state index is 12.5. The Bertz CT molecular complexity index is 920. The van der Waals surface area contributed by atoms with E-state index in [1.807, 2.05) is 53.4 Å². The maximum atomic E-state index is 12.5. The molecule has 1 fully saturated rings. The summed E-state index contributed by atoms with van der Waals surface area (Å²) in [7, 11) is 0. The number of amides is 1. The molecule has 0 radical (unpaired) electrons. The number of aromatic nitrogens is 2. The third kappa shape index (κ3) is 4.02. The van der Waals surface area contributed by atoms with E-state index >= 15 is 0 Å². The second-order valence-corrected chi connectivity index (χ2v) is 6.82. The lowest BCUT2D eigenvalue weighted by molar-refractivity contribution is 0.0618. The molecule has 0 atom stereocenters. The number of carbonyl (C=O) groups is 1. The van der Waals surface area contributed by atoms with Gasteiger partial charge in [0, 0.05) is 31.7 Å². The Hall–Kier alpha value is -2.70. The molecule has 1 amide bonds. The van der Waals surface area contributed by atoms with Gasteiger partial charge < -0.3 is 9.32 Å². The Morgan fingerprint density at radius 1 is 0.963 bits per heavy atom. The van der Waals surface area contributed by atoms with Crippen LogP contribution in [0.25, 0.3) is 11.5 Å². The molecule has 1 saturated heterocycles. The smallest absolute Gasteiger partial charge is 0.253 e. The first-order valence-electron chi connectivity index (χ1n) is 8.84. The molecular weight excluding hydrogens is 364 g/mol. The molecule has 1 aliphatic rings. The predicted octanol–water partition coefficient (Wildman–Crippen LogP) is 3.35. The van der Waals surface area contributed by atoms with Crippen molar-refractivity contribution in [3.05, 3.63) is 71.1 Å². The molecule has 1 aromatic heterocycles. The summed E-state index contributed by atoms with van der Waals surface area (Å²) in [4.78, 5) is 16.6. The number of carbonyl (C=O) groups excluding carboxylic acids is 1. The first kappa shape index (κ1) is 17.7. The van der Waals surface area contributed by atoms with E-state index in [-0.39, 0.29) is 5.91 Å². The van der Waals surface area contributed by atoms with E-state index in [0.717, 1.165) is 24.2 Å². The molecular formula is C20H19ClN4O2. The molecule has 0 bridgehead atoms. The highest BCUT2D eigenvalue weighted by molar-refractivity contribution is 6.33. The van der Waals surface area contributed by atoms with Gasteiger partial charge in [-0.25, -0.2) is 0 Å². The number of hydrogen-bond acceptors (Lipinski definition) is 5.